The van der Waals surface area contributed by atoms with Crippen molar-refractivity contribution >= 4 is 0 Å². The lowest BCUT2D eigenvalue weighted by Gasteiger charge is -2.58. The van der Waals surface area contributed by atoms with Crippen LogP contribution >= 0.6 is 0 Å². The van der Waals surface area contributed by atoms with E-state index in [1.165, 1.54) is 70.6 Å². The molecule has 5 rings (SSSR count). The fourth-order valence-electron chi connectivity index (χ4n) is 7.82. The van der Waals surface area contributed by atoms with Gasteiger partial charge in [-0.2, -0.15) is 0 Å². The molecule has 0 amide bonds. The van der Waals surface area contributed by atoms with Crippen molar-refractivity contribution in [1.29, 1.82) is 0 Å². The number of hydrogen-bond donors (Lipinski definition) is 0. The highest BCUT2D eigenvalue weighted by atomic mass is 16.5. The van der Waals surface area contributed by atoms with Crippen LogP contribution in [0, 0.1) is 16.7 Å². The third-order valence-electron chi connectivity index (χ3n) is 9.99. The molecule has 180 valence electrons. The van der Waals surface area contributed by atoms with Gasteiger partial charge in [-0.1, -0.05) is 51.7 Å². The highest BCUT2D eigenvalue weighted by Gasteiger charge is 2.51. The number of ether oxygens (including phenoxy) is 1. The highest BCUT2D eigenvalue weighted by molar-refractivity contribution is 5.30. The molecule has 0 spiro atoms. The van der Waals surface area contributed by atoms with E-state index in [9.17, 15) is 0 Å². The summed E-state index contributed by atoms with van der Waals surface area (Å²) in [6, 6.07) is 9.20. The van der Waals surface area contributed by atoms with Crippen molar-refractivity contribution in [3.8, 4) is 5.75 Å². The molecule has 2 bridgehead atoms. The van der Waals surface area contributed by atoms with Gasteiger partial charge in [0.05, 0.1) is 6.10 Å². The first-order valence-corrected chi connectivity index (χ1v) is 14.3. The lowest BCUT2D eigenvalue weighted by molar-refractivity contribution is -0.0624. The predicted octanol–water partition coefficient (Wildman–Crippen LogP) is 9.84. The normalized spacial score (nSPS) is 33.2. The summed E-state index contributed by atoms with van der Waals surface area (Å²) in [6.45, 7) is 6.89. The van der Waals surface area contributed by atoms with Crippen LogP contribution in [0.5, 0.6) is 5.75 Å². The number of rotatable bonds is 11. The molecule has 4 fully saturated rings. The summed E-state index contributed by atoms with van der Waals surface area (Å²) in [4.78, 5) is 0. The molecule has 0 aromatic heterocycles. The Bertz CT molecular complexity index is 656. The largest absolute Gasteiger partial charge is 0.491 e. The first-order chi connectivity index (χ1) is 15.6. The molecule has 1 aromatic rings. The summed E-state index contributed by atoms with van der Waals surface area (Å²) >= 11 is 0. The molecule has 0 N–H and O–H groups in total. The van der Waals surface area contributed by atoms with E-state index >= 15 is 0 Å². The van der Waals surface area contributed by atoms with Crippen molar-refractivity contribution < 1.29 is 4.74 Å². The van der Waals surface area contributed by atoms with Crippen LogP contribution in [0.1, 0.15) is 141 Å². The summed E-state index contributed by atoms with van der Waals surface area (Å²) in [6.07, 6.45) is 24.7. The van der Waals surface area contributed by atoms with Crippen LogP contribution in [0.15, 0.2) is 24.3 Å². The van der Waals surface area contributed by atoms with E-state index in [0.29, 0.717) is 6.10 Å². The van der Waals surface area contributed by atoms with Gasteiger partial charge in [0.15, 0.2) is 0 Å². The van der Waals surface area contributed by atoms with Crippen LogP contribution in [0.4, 0.5) is 0 Å². The van der Waals surface area contributed by atoms with E-state index in [1.807, 2.05) is 0 Å². The SMILES string of the molecule is CCCCCCC(C)Oc1ccc(C2CCC(C34CCC(CCC)(CC3)CC4)CC2)cc1. The molecule has 4 aliphatic carbocycles. The summed E-state index contributed by atoms with van der Waals surface area (Å²) in [7, 11) is 0. The number of unbranched alkanes of at least 4 members (excludes halogenated alkanes) is 3. The molecule has 1 atom stereocenters. The van der Waals surface area contributed by atoms with Gasteiger partial charge in [-0.15, -0.1) is 0 Å². The first kappa shape index (κ1) is 24.2. The molecule has 1 aromatic carbocycles. The van der Waals surface area contributed by atoms with Crippen LogP contribution in [-0.2, 0) is 0 Å². The summed E-state index contributed by atoms with van der Waals surface area (Å²) < 4.78 is 6.19. The maximum atomic E-state index is 6.19. The monoisotopic (exact) mass is 438 g/mol. The third kappa shape index (κ3) is 5.56. The fourth-order valence-corrected chi connectivity index (χ4v) is 7.82. The third-order valence-corrected chi connectivity index (χ3v) is 9.99. The van der Waals surface area contributed by atoms with Gasteiger partial charge >= 0.3 is 0 Å². The molecule has 0 saturated heterocycles. The molecular weight excluding hydrogens is 388 g/mol. The Labute approximate surface area is 199 Å². The Balaban J connectivity index is 1.23. The van der Waals surface area contributed by atoms with Gasteiger partial charge in [-0.05, 0) is 131 Å². The van der Waals surface area contributed by atoms with Gasteiger partial charge in [-0.3, -0.25) is 0 Å². The average molecular weight is 439 g/mol. The quantitative estimate of drug-likeness (QED) is 0.312. The zero-order chi connectivity index (χ0) is 22.4. The lowest BCUT2D eigenvalue weighted by atomic mass is 9.47. The van der Waals surface area contributed by atoms with Gasteiger partial charge < -0.3 is 4.74 Å². The number of hydrogen-bond acceptors (Lipinski definition) is 1. The smallest absolute Gasteiger partial charge is 0.119 e. The Morgan fingerprint density at radius 2 is 1.47 bits per heavy atom. The topological polar surface area (TPSA) is 9.23 Å². The summed E-state index contributed by atoms with van der Waals surface area (Å²) in [5, 5.41) is 0. The molecule has 1 unspecified atom stereocenters. The van der Waals surface area contributed by atoms with Crippen molar-refractivity contribution in [2.24, 2.45) is 16.7 Å². The van der Waals surface area contributed by atoms with Crippen LogP contribution in [0.3, 0.4) is 0 Å². The molecule has 32 heavy (non-hydrogen) atoms. The van der Waals surface area contributed by atoms with Gasteiger partial charge in [0.2, 0.25) is 0 Å². The Morgan fingerprint density at radius 3 is 2.06 bits per heavy atom. The Kier molecular flexibility index (Phi) is 8.28. The first-order valence-electron chi connectivity index (χ1n) is 14.3. The van der Waals surface area contributed by atoms with Crippen molar-refractivity contribution in [3.05, 3.63) is 29.8 Å². The molecule has 1 heteroatoms. The molecule has 4 saturated carbocycles. The van der Waals surface area contributed by atoms with E-state index in [0.717, 1.165) is 28.4 Å². The van der Waals surface area contributed by atoms with E-state index in [-0.39, 0.29) is 0 Å². The fraction of sp³-hybridized carbons (Fsp3) is 0.806. The molecule has 1 nitrogen and oxygen atoms in total. The maximum Gasteiger partial charge on any atom is 0.119 e. The summed E-state index contributed by atoms with van der Waals surface area (Å²) in [5.41, 5.74) is 3.04. The summed E-state index contributed by atoms with van der Waals surface area (Å²) in [5.74, 6) is 2.84. The minimum atomic E-state index is 0.328. The van der Waals surface area contributed by atoms with E-state index in [2.05, 4.69) is 45.0 Å². The minimum absolute atomic E-state index is 0.328. The molecule has 0 aliphatic heterocycles. The van der Waals surface area contributed by atoms with Crippen LogP contribution < -0.4 is 4.74 Å². The zero-order valence-corrected chi connectivity index (χ0v) is 21.5. The Hall–Kier alpha value is -0.980. The van der Waals surface area contributed by atoms with E-state index < -0.39 is 0 Å². The van der Waals surface area contributed by atoms with Gasteiger partial charge in [-0.25, -0.2) is 0 Å². The van der Waals surface area contributed by atoms with E-state index in [1.54, 1.807) is 44.1 Å². The van der Waals surface area contributed by atoms with Gasteiger partial charge in [0.25, 0.3) is 0 Å². The lowest BCUT2D eigenvalue weighted by Crippen LogP contribution is -2.46. The number of benzene rings is 1. The van der Waals surface area contributed by atoms with Gasteiger partial charge in [0.1, 0.15) is 5.75 Å². The van der Waals surface area contributed by atoms with Crippen molar-refractivity contribution in [2.45, 2.75) is 142 Å². The standard InChI is InChI=1S/C31H50O/c1-4-6-7-8-9-25(3)32-29-16-12-27(13-17-29)26-10-14-28(15-11-26)31-22-19-30(18-5-2,20-23-31)21-24-31/h12-13,16-17,25-26,28H,4-11,14-15,18-24H2,1-3H3. The molecule has 0 radical (unpaired) electrons. The van der Waals surface area contributed by atoms with Crippen molar-refractivity contribution in [2.75, 3.05) is 0 Å². The highest BCUT2D eigenvalue weighted by Crippen LogP contribution is 2.63. The van der Waals surface area contributed by atoms with Crippen LogP contribution in [-0.4, -0.2) is 6.10 Å². The van der Waals surface area contributed by atoms with Crippen molar-refractivity contribution in [3.63, 3.8) is 0 Å². The minimum Gasteiger partial charge on any atom is -0.491 e. The van der Waals surface area contributed by atoms with Crippen molar-refractivity contribution in [1.82, 2.24) is 0 Å². The second-order valence-electron chi connectivity index (χ2n) is 12.0. The maximum absolute atomic E-state index is 6.19. The Morgan fingerprint density at radius 1 is 0.812 bits per heavy atom. The molecule has 0 heterocycles. The van der Waals surface area contributed by atoms with Gasteiger partial charge in [0, 0.05) is 0 Å². The molecule has 4 aliphatic rings. The second kappa shape index (κ2) is 11.0. The van der Waals surface area contributed by atoms with Crippen LogP contribution in [0.2, 0.25) is 0 Å². The predicted molar refractivity (Wildman–Crippen MR) is 137 cm³/mol. The van der Waals surface area contributed by atoms with E-state index in [4.69, 9.17) is 4.74 Å². The number of fused-ring (bicyclic) bond motifs is 3. The van der Waals surface area contributed by atoms with Crippen LogP contribution in [0.25, 0.3) is 0 Å². The molecular formula is C31H50O. The zero-order valence-electron chi connectivity index (χ0n) is 21.5. The second-order valence-corrected chi connectivity index (χ2v) is 12.0. The average Bonchev–Trinajstić information content (AvgIpc) is 2.84.